The van der Waals surface area contributed by atoms with Crippen molar-refractivity contribution in [2.45, 2.75) is 31.7 Å². The van der Waals surface area contributed by atoms with Gasteiger partial charge < -0.3 is 9.73 Å². The minimum Gasteiger partial charge on any atom is -0.437 e. The number of nitrogens with one attached hydrogen (secondary N) is 1. The average Bonchev–Trinajstić information content (AvgIpc) is 2.68. The Labute approximate surface area is 111 Å². The molecule has 2 rings (SSSR count). The van der Waals surface area contributed by atoms with Crippen molar-refractivity contribution in [3.8, 4) is 0 Å². The minimum absolute atomic E-state index is 0.723. The summed E-state index contributed by atoms with van der Waals surface area (Å²) in [6.45, 7) is 6.82. The number of oxazole rings is 1. The lowest BCUT2D eigenvalue weighted by molar-refractivity contribution is 0.431. The molecule has 2 heterocycles. The van der Waals surface area contributed by atoms with E-state index in [0.29, 0.717) is 0 Å². The van der Waals surface area contributed by atoms with Crippen molar-refractivity contribution in [3.05, 3.63) is 35.3 Å². The first-order valence-electron chi connectivity index (χ1n) is 5.94. The first-order chi connectivity index (χ1) is 8.69. The fourth-order valence-corrected chi connectivity index (χ4v) is 2.29. The van der Waals surface area contributed by atoms with Crippen LogP contribution >= 0.6 is 11.8 Å². The van der Waals surface area contributed by atoms with Gasteiger partial charge in [-0.25, -0.2) is 9.97 Å². The predicted octanol–water partition coefficient (Wildman–Crippen LogP) is 3.41. The van der Waals surface area contributed by atoms with Crippen LogP contribution in [0.15, 0.2) is 28.0 Å². The molecule has 0 aromatic carbocycles. The molecule has 4 nitrogen and oxygen atoms in total. The molecule has 18 heavy (non-hydrogen) atoms. The van der Waals surface area contributed by atoms with E-state index in [1.807, 2.05) is 26.1 Å². The fourth-order valence-electron chi connectivity index (χ4n) is 1.45. The van der Waals surface area contributed by atoms with Gasteiger partial charge in [0.25, 0.3) is 5.22 Å². The molecule has 1 N–H and O–H groups in total. The van der Waals surface area contributed by atoms with E-state index in [0.717, 1.165) is 40.4 Å². The Hall–Kier alpha value is -1.49. The van der Waals surface area contributed by atoms with Gasteiger partial charge >= 0.3 is 0 Å². The zero-order valence-corrected chi connectivity index (χ0v) is 11.7. The molecule has 5 heteroatoms. The highest BCUT2D eigenvalue weighted by Gasteiger charge is 2.06. The van der Waals surface area contributed by atoms with Crippen LogP contribution in [0.3, 0.4) is 0 Å². The Balaban J connectivity index is 1.93. The van der Waals surface area contributed by atoms with E-state index in [4.69, 9.17) is 4.42 Å². The molecule has 2 aromatic heterocycles. The van der Waals surface area contributed by atoms with Gasteiger partial charge in [-0.15, -0.1) is 0 Å². The Morgan fingerprint density at radius 3 is 2.72 bits per heavy atom. The quantitative estimate of drug-likeness (QED) is 0.838. The predicted molar refractivity (Wildman–Crippen MR) is 73.9 cm³/mol. The van der Waals surface area contributed by atoms with Crippen LogP contribution in [0.2, 0.25) is 0 Å². The van der Waals surface area contributed by atoms with Gasteiger partial charge in [0.15, 0.2) is 0 Å². The summed E-state index contributed by atoms with van der Waals surface area (Å²) < 4.78 is 5.52. The third kappa shape index (κ3) is 3.26. The molecule has 0 radical (unpaired) electrons. The van der Waals surface area contributed by atoms with Crippen molar-refractivity contribution in [3.63, 3.8) is 0 Å². The lowest BCUT2D eigenvalue weighted by Gasteiger charge is -2.03. The summed E-state index contributed by atoms with van der Waals surface area (Å²) in [7, 11) is 0. The number of thioether (sulfide) groups is 1. The summed E-state index contributed by atoms with van der Waals surface area (Å²) in [5.74, 6) is 2.62. The number of aryl methyl sites for hydroxylation is 2. The summed E-state index contributed by atoms with van der Waals surface area (Å²) in [5.41, 5.74) is 2.12. The summed E-state index contributed by atoms with van der Waals surface area (Å²) in [6.07, 6.45) is 1.88. The number of anilines is 1. The number of hydrogen-bond acceptors (Lipinski definition) is 5. The van der Waals surface area contributed by atoms with Crippen LogP contribution in [-0.2, 0) is 5.75 Å². The maximum Gasteiger partial charge on any atom is 0.256 e. The standard InChI is InChI=1S/C13H17N3OS/c1-4-14-12-6-5-11(7-15-12)8-18-13-16-9(2)10(3)17-13/h5-7H,4,8H2,1-3H3,(H,14,15). The number of nitrogens with zero attached hydrogens (tertiary/aromatic N) is 2. The number of rotatable bonds is 5. The smallest absolute Gasteiger partial charge is 0.256 e. The number of pyridine rings is 1. The van der Waals surface area contributed by atoms with Crippen molar-refractivity contribution in [1.29, 1.82) is 0 Å². The number of aromatic nitrogens is 2. The maximum atomic E-state index is 5.52. The largest absolute Gasteiger partial charge is 0.437 e. The van der Waals surface area contributed by atoms with E-state index in [2.05, 4.69) is 28.3 Å². The zero-order chi connectivity index (χ0) is 13.0. The summed E-state index contributed by atoms with van der Waals surface area (Å²) in [4.78, 5) is 8.66. The van der Waals surface area contributed by atoms with E-state index in [9.17, 15) is 0 Å². The van der Waals surface area contributed by atoms with Gasteiger partial charge in [0.05, 0.1) is 5.69 Å². The molecular weight excluding hydrogens is 246 g/mol. The van der Waals surface area contributed by atoms with Crippen molar-refractivity contribution in [1.82, 2.24) is 9.97 Å². The molecule has 0 aliphatic heterocycles. The third-order valence-corrected chi connectivity index (χ3v) is 3.45. The molecular formula is C13H17N3OS. The molecule has 96 valence electrons. The second-order valence-corrected chi connectivity index (χ2v) is 4.92. The SMILES string of the molecule is CCNc1ccc(CSc2nc(C)c(C)o2)cn1. The summed E-state index contributed by atoms with van der Waals surface area (Å²) >= 11 is 1.59. The molecule has 0 unspecified atom stereocenters. The van der Waals surface area contributed by atoms with Gasteiger partial charge in [0.2, 0.25) is 0 Å². The Kier molecular flexibility index (Phi) is 4.25. The highest BCUT2D eigenvalue weighted by Crippen LogP contribution is 2.23. The van der Waals surface area contributed by atoms with Gasteiger partial charge in [-0.3, -0.25) is 0 Å². The number of hydrogen-bond donors (Lipinski definition) is 1. The Bertz CT molecular complexity index is 488. The summed E-state index contributed by atoms with van der Waals surface area (Å²) in [5, 5.41) is 3.89. The van der Waals surface area contributed by atoms with Crippen LogP contribution in [0.25, 0.3) is 0 Å². The third-order valence-electron chi connectivity index (χ3n) is 2.55. The van der Waals surface area contributed by atoms with Crippen LogP contribution < -0.4 is 5.32 Å². The van der Waals surface area contributed by atoms with E-state index in [1.54, 1.807) is 11.8 Å². The first-order valence-corrected chi connectivity index (χ1v) is 6.93. The normalized spacial score (nSPS) is 10.6. The molecule has 0 saturated carbocycles. The molecule has 0 bridgehead atoms. The van der Waals surface area contributed by atoms with Crippen LogP contribution in [0.4, 0.5) is 5.82 Å². The van der Waals surface area contributed by atoms with Gasteiger partial charge in [0.1, 0.15) is 11.6 Å². The first kappa shape index (κ1) is 13.0. The van der Waals surface area contributed by atoms with Gasteiger partial charge in [-0.05, 0) is 32.4 Å². The Morgan fingerprint density at radius 2 is 2.17 bits per heavy atom. The van der Waals surface area contributed by atoms with Crippen LogP contribution in [-0.4, -0.2) is 16.5 Å². The monoisotopic (exact) mass is 263 g/mol. The lowest BCUT2D eigenvalue weighted by atomic mass is 10.3. The molecule has 0 fully saturated rings. The van der Waals surface area contributed by atoms with Gasteiger partial charge in [0, 0.05) is 18.5 Å². The Morgan fingerprint density at radius 1 is 1.33 bits per heavy atom. The maximum absolute atomic E-state index is 5.52. The second kappa shape index (κ2) is 5.91. The molecule has 0 saturated heterocycles. The van der Waals surface area contributed by atoms with E-state index < -0.39 is 0 Å². The van der Waals surface area contributed by atoms with Crippen molar-refractivity contribution < 1.29 is 4.42 Å². The van der Waals surface area contributed by atoms with Crippen molar-refractivity contribution in [2.75, 3.05) is 11.9 Å². The molecule has 0 atom stereocenters. The van der Waals surface area contributed by atoms with Crippen molar-refractivity contribution in [2.24, 2.45) is 0 Å². The lowest BCUT2D eigenvalue weighted by Crippen LogP contribution is -1.98. The highest BCUT2D eigenvalue weighted by atomic mass is 32.2. The average molecular weight is 263 g/mol. The molecule has 0 spiro atoms. The zero-order valence-electron chi connectivity index (χ0n) is 10.9. The van der Waals surface area contributed by atoms with Gasteiger partial charge in [-0.2, -0.15) is 0 Å². The van der Waals surface area contributed by atoms with E-state index in [1.165, 1.54) is 0 Å². The highest BCUT2D eigenvalue weighted by molar-refractivity contribution is 7.98. The fraction of sp³-hybridized carbons (Fsp3) is 0.385. The molecule has 0 amide bonds. The molecule has 0 aliphatic carbocycles. The second-order valence-electron chi connectivity index (χ2n) is 3.99. The van der Waals surface area contributed by atoms with E-state index in [-0.39, 0.29) is 0 Å². The summed E-state index contributed by atoms with van der Waals surface area (Å²) in [6, 6.07) is 4.06. The molecule has 2 aromatic rings. The topological polar surface area (TPSA) is 51.0 Å². The van der Waals surface area contributed by atoms with Crippen LogP contribution in [0.5, 0.6) is 0 Å². The van der Waals surface area contributed by atoms with Crippen LogP contribution in [0.1, 0.15) is 23.9 Å². The van der Waals surface area contributed by atoms with Gasteiger partial charge in [-0.1, -0.05) is 17.8 Å². The van der Waals surface area contributed by atoms with Crippen molar-refractivity contribution >= 4 is 17.6 Å². The van der Waals surface area contributed by atoms with Crippen LogP contribution in [0, 0.1) is 13.8 Å². The minimum atomic E-state index is 0.723. The van der Waals surface area contributed by atoms with E-state index >= 15 is 0 Å². The molecule has 0 aliphatic rings.